The normalized spacial score (nSPS) is 28.7. The Labute approximate surface area is 128 Å². The van der Waals surface area contributed by atoms with Crippen molar-refractivity contribution >= 4 is 0 Å². The Hall–Kier alpha value is -1.06. The molecule has 0 amide bonds. The first-order valence-corrected chi connectivity index (χ1v) is 8.23. The Balaban J connectivity index is 1.67. The van der Waals surface area contributed by atoms with Crippen LogP contribution in [0.15, 0.2) is 24.3 Å². The molecule has 2 atom stereocenters. The van der Waals surface area contributed by atoms with Gasteiger partial charge in [-0.15, -0.1) is 0 Å². The molecular formula is C18H28N2O. The van der Waals surface area contributed by atoms with E-state index in [-0.39, 0.29) is 5.60 Å². The molecule has 0 spiro atoms. The largest absolute Gasteiger partial charge is 0.487 e. The molecular weight excluding hydrogens is 260 g/mol. The van der Waals surface area contributed by atoms with Crippen LogP contribution in [0.2, 0.25) is 0 Å². The van der Waals surface area contributed by atoms with Gasteiger partial charge in [0.05, 0.1) is 0 Å². The van der Waals surface area contributed by atoms with E-state index in [1.165, 1.54) is 31.5 Å². The van der Waals surface area contributed by atoms with Crippen LogP contribution in [-0.2, 0) is 0 Å². The summed E-state index contributed by atoms with van der Waals surface area (Å²) >= 11 is 0. The SMILES string of the molecule is CN1CCCC(CNC2CC(C)(C)Oc3ccccc32)C1. The zero-order valence-corrected chi connectivity index (χ0v) is 13.6. The van der Waals surface area contributed by atoms with Gasteiger partial charge in [0.25, 0.3) is 0 Å². The molecule has 0 saturated carbocycles. The number of nitrogens with zero attached hydrogens (tertiary/aromatic N) is 1. The predicted molar refractivity (Wildman–Crippen MR) is 86.7 cm³/mol. The zero-order valence-electron chi connectivity index (χ0n) is 13.6. The van der Waals surface area contributed by atoms with Gasteiger partial charge < -0.3 is 15.0 Å². The van der Waals surface area contributed by atoms with Crippen molar-refractivity contribution in [2.24, 2.45) is 5.92 Å². The lowest BCUT2D eigenvalue weighted by Crippen LogP contribution is -2.43. The highest BCUT2D eigenvalue weighted by atomic mass is 16.5. The highest BCUT2D eigenvalue weighted by Crippen LogP contribution is 2.39. The van der Waals surface area contributed by atoms with Gasteiger partial charge in [-0.2, -0.15) is 0 Å². The lowest BCUT2D eigenvalue weighted by Gasteiger charge is -2.39. The first-order valence-electron chi connectivity index (χ1n) is 8.23. The van der Waals surface area contributed by atoms with Crippen LogP contribution >= 0.6 is 0 Å². The van der Waals surface area contributed by atoms with Gasteiger partial charge >= 0.3 is 0 Å². The molecule has 0 radical (unpaired) electrons. The van der Waals surface area contributed by atoms with E-state index in [1.54, 1.807) is 0 Å². The Kier molecular flexibility index (Phi) is 4.23. The minimum absolute atomic E-state index is 0.0879. The molecule has 1 aromatic rings. The maximum Gasteiger partial charge on any atom is 0.124 e. The van der Waals surface area contributed by atoms with E-state index in [9.17, 15) is 0 Å². The first-order chi connectivity index (χ1) is 10.0. The lowest BCUT2D eigenvalue weighted by molar-refractivity contribution is 0.0641. The molecule has 1 aromatic carbocycles. The van der Waals surface area contributed by atoms with Crippen LogP contribution in [0.25, 0.3) is 0 Å². The van der Waals surface area contributed by atoms with Crippen molar-refractivity contribution in [3.63, 3.8) is 0 Å². The van der Waals surface area contributed by atoms with Crippen LogP contribution in [0.3, 0.4) is 0 Å². The van der Waals surface area contributed by atoms with Crippen molar-refractivity contribution in [1.82, 2.24) is 10.2 Å². The van der Waals surface area contributed by atoms with Crippen molar-refractivity contribution in [3.8, 4) is 5.75 Å². The molecule has 0 aliphatic carbocycles. The fourth-order valence-electron chi connectivity index (χ4n) is 3.73. The number of fused-ring (bicyclic) bond motifs is 1. The van der Waals surface area contributed by atoms with Crippen molar-refractivity contribution in [2.45, 2.75) is 44.8 Å². The van der Waals surface area contributed by atoms with Gasteiger partial charge in [-0.1, -0.05) is 18.2 Å². The van der Waals surface area contributed by atoms with E-state index in [0.29, 0.717) is 6.04 Å². The fourth-order valence-corrected chi connectivity index (χ4v) is 3.73. The zero-order chi connectivity index (χ0) is 14.9. The molecule has 21 heavy (non-hydrogen) atoms. The minimum Gasteiger partial charge on any atom is -0.487 e. The Morgan fingerprint density at radius 3 is 2.95 bits per heavy atom. The molecule has 3 rings (SSSR count). The Morgan fingerprint density at radius 1 is 1.33 bits per heavy atom. The summed E-state index contributed by atoms with van der Waals surface area (Å²) in [7, 11) is 2.24. The van der Waals surface area contributed by atoms with E-state index >= 15 is 0 Å². The van der Waals surface area contributed by atoms with Gasteiger partial charge in [-0.25, -0.2) is 0 Å². The Morgan fingerprint density at radius 2 is 2.14 bits per heavy atom. The molecule has 3 heteroatoms. The predicted octanol–water partition coefficient (Wildman–Crippen LogP) is 3.22. The van der Waals surface area contributed by atoms with Crippen LogP contribution in [-0.4, -0.2) is 37.2 Å². The molecule has 1 saturated heterocycles. The number of ether oxygens (including phenoxy) is 1. The molecule has 2 aliphatic rings. The van der Waals surface area contributed by atoms with E-state index in [1.807, 2.05) is 0 Å². The highest BCUT2D eigenvalue weighted by Gasteiger charge is 2.33. The molecule has 1 fully saturated rings. The summed E-state index contributed by atoms with van der Waals surface area (Å²) in [5.41, 5.74) is 1.23. The molecule has 116 valence electrons. The van der Waals surface area contributed by atoms with Crippen LogP contribution in [0, 0.1) is 5.92 Å². The van der Waals surface area contributed by atoms with Crippen molar-refractivity contribution in [3.05, 3.63) is 29.8 Å². The topological polar surface area (TPSA) is 24.5 Å². The maximum absolute atomic E-state index is 6.11. The Bertz CT molecular complexity index is 486. The second-order valence-electron chi connectivity index (χ2n) is 7.34. The summed E-state index contributed by atoms with van der Waals surface area (Å²) in [6.45, 7) is 7.96. The molecule has 0 aromatic heterocycles. The number of nitrogens with one attached hydrogen (secondary N) is 1. The van der Waals surface area contributed by atoms with Gasteiger partial charge in [0.1, 0.15) is 11.4 Å². The number of hydrogen-bond donors (Lipinski definition) is 1. The fraction of sp³-hybridized carbons (Fsp3) is 0.667. The van der Waals surface area contributed by atoms with Crippen molar-refractivity contribution in [2.75, 3.05) is 26.7 Å². The lowest BCUT2D eigenvalue weighted by atomic mass is 9.89. The number of benzene rings is 1. The summed E-state index contributed by atoms with van der Waals surface area (Å²) in [6.07, 6.45) is 3.72. The maximum atomic E-state index is 6.11. The first kappa shape index (κ1) is 14.9. The third kappa shape index (κ3) is 3.58. The number of piperidine rings is 1. The van der Waals surface area contributed by atoms with Crippen LogP contribution < -0.4 is 10.1 Å². The summed E-state index contributed by atoms with van der Waals surface area (Å²) in [5, 5.41) is 3.82. The average molecular weight is 288 g/mol. The quantitative estimate of drug-likeness (QED) is 0.924. The van der Waals surface area contributed by atoms with Crippen molar-refractivity contribution < 1.29 is 4.74 Å². The molecule has 2 heterocycles. The van der Waals surface area contributed by atoms with Gasteiger partial charge in [-0.05, 0) is 58.8 Å². The molecule has 0 bridgehead atoms. The minimum atomic E-state index is -0.0879. The van der Waals surface area contributed by atoms with E-state index < -0.39 is 0 Å². The monoisotopic (exact) mass is 288 g/mol. The van der Waals surface area contributed by atoms with Crippen LogP contribution in [0.4, 0.5) is 0 Å². The third-order valence-electron chi connectivity index (χ3n) is 4.75. The smallest absolute Gasteiger partial charge is 0.124 e. The molecule has 1 N–H and O–H groups in total. The average Bonchev–Trinajstić information content (AvgIpc) is 2.44. The van der Waals surface area contributed by atoms with Gasteiger partial charge in [0, 0.05) is 24.6 Å². The summed E-state index contributed by atoms with van der Waals surface area (Å²) in [5.74, 6) is 1.83. The summed E-state index contributed by atoms with van der Waals surface area (Å²) in [6, 6.07) is 8.89. The van der Waals surface area contributed by atoms with Gasteiger partial charge in [0.15, 0.2) is 0 Å². The van der Waals surface area contributed by atoms with E-state index in [0.717, 1.165) is 24.6 Å². The number of likely N-dealkylation sites (tertiary alicyclic amines) is 1. The number of para-hydroxylation sites is 1. The van der Waals surface area contributed by atoms with E-state index in [2.05, 4.69) is 55.4 Å². The third-order valence-corrected chi connectivity index (χ3v) is 4.75. The molecule has 3 nitrogen and oxygen atoms in total. The standard InChI is InChI=1S/C18H28N2O/c1-18(2)11-16(15-8-4-5-9-17(15)21-18)19-12-14-7-6-10-20(3)13-14/h4-5,8-9,14,16,19H,6-7,10-13H2,1-3H3. The molecule has 2 unspecified atom stereocenters. The van der Waals surface area contributed by atoms with Crippen LogP contribution in [0.5, 0.6) is 5.75 Å². The number of rotatable bonds is 3. The van der Waals surface area contributed by atoms with Gasteiger partial charge in [-0.3, -0.25) is 0 Å². The highest BCUT2D eigenvalue weighted by molar-refractivity contribution is 5.38. The van der Waals surface area contributed by atoms with Crippen LogP contribution in [0.1, 0.15) is 44.7 Å². The van der Waals surface area contributed by atoms with Gasteiger partial charge in [0.2, 0.25) is 0 Å². The van der Waals surface area contributed by atoms with Crippen molar-refractivity contribution in [1.29, 1.82) is 0 Å². The summed E-state index contributed by atoms with van der Waals surface area (Å²) < 4.78 is 6.11. The number of hydrogen-bond acceptors (Lipinski definition) is 3. The second-order valence-corrected chi connectivity index (χ2v) is 7.34. The van der Waals surface area contributed by atoms with E-state index in [4.69, 9.17) is 4.74 Å². The molecule has 2 aliphatic heterocycles. The summed E-state index contributed by atoms with van der Waals surface area (Å²) in [4.78, 5) is 2.46. The second kappa shape index (κ2) is 5.98.